The molecule has 2 aromatic rings. The highest BCUT2D eigenvalue weighted by molar-refractivity contribution is 7.12. The zero-order valence-corrected chi connectivity index (χ0v) is 9.59. The van der Waals surface area contributed by atoms with E-state index in [0.29, 0.717) is 16.0 Å². The summed E-state index contributed by atoms with van der Waals surface area (Å²) in [5.41, 5.74) is -0.200. The number of aromatic nitrogens is 2. The number of esters is 1. The minimum Gasteiger partial charge on any atom is -0.465 e. The van der Waals surface area contributed by atoms with E-state index in [2.05, 4.69) is 14.7 Å². The molecule has 0 amide bonds. The summed E-state index contributed by atoms with van der Waals surface area (Å²) in [7, 11) is 1.29. The Hall–Kier alpha value is -2.15. The van der Waals surface area contributed by atoms with Crippen LogP contribution < -0.4 is 11.2 Å². The second-order valence-corrected chi connectivity index (χ2v) is 4.09. The van der Waals surface area contributed by atoms with Crippen LogP contribution in [0.2, 0.25) is 0 Å². The van der Waals surface area contributed by atoms with Crippen LogP contribution in [-0.4, -0.2) is 23.0 Å². The third-order valence-corrected chi connectivity index (χ3v) is 3.03. The van der Waals surface area contributed by atoms with Crippen LogP contribution in [-0.2, 0) is 4.74 Å². The number of carbonyl (C=O) groups is 1. The molecule has 0 aliphatic heterocycles. The summed E-state index contributed by atoms with van der Waals surface area (Å²) >= 11 is 1.17. The molecule has 6 nitrogen and oxygen atoms in total. The molecule has 0 aromatic carbocycles. The first-order chi connectivity index (χ1) is 8.11. The molecule has 88 valence electrons. The van der Waals surface area contributed by atoms with Gasteiger partial charge in [0.05, 0.1) is 12.7 Å². The van der Waals surface area contributed by atoms with Gasteiger partial charge in [0.2, 0.25) is 0 Å². The molecular weight excluding hydrogens is 244 g/mol. The molecule has 2 rings (SSSR count). The Kier molecular flexibility index (Phi) is 2.92. The Balaban J connectivity index is 2.47. The predicted octanol–water partition coefficient (Wildman–Crippen LogP) is 0.578. The van der Waals surface area contributed by atoms with Crippen molar-refractivity contribution in [3.05, 3.63) is 43.4 Å². The van der Waals surface area contributed by atoms with Crippen LogP contribution in [0.3, 0.4) is 0 Å². The van der Waals surface area contributed by atoms with Gasteiger partial charge >= 0.3 is 11.7 Å². The molecule has 2 heterocycles. The number of nitrogens with one attached hydrogen (secondary N) is 2. The summed E-state index contributed by atoms with van der Waals surface area (Å²) in [6, 6.07) is 1.54. The van der Waals surface area contributed by atoms with E-state index in [-0.39, 0.29) is 0 Å². The summed E-state index contributed by atoms with van der Waals surface area (Å²) in [6.07, 6.45) is 1.31. The van der Waals surface area contributed by atoms with Crippen molar-refractivity contribution in [3.8, 4) is 11.1 Å². The highest BCUT2D eigenvalue weighted by Crippen LogP contribution is 2.22. The van der Waals surface area contributed by atoms with Gasteiger partial charge in [0, 0.05) is 11.8 Å². The molecular formula is C10H8N2O4S. The van der Waals surface area contributed by atoms with E-state index < -0.39 is 17.2 Å². The first kappa shape index (κ1) is 11.3. The van der Waals surface area contributed by atoms with Crippen LogP contribution in [0, 0.1) is 0 Å². The molecule has 17 heavy (non-hydrogen) atoms. The first-order valence-corrected chi connectivity index (χ1v) is 5.49. The Morgan fingerprint density at radius 1 is 1.41 bits per heavy atom. The van der Waals surface area contributed by atoms with Crippen molar-refractivity contribution in [2.75, 3.05) is 7.11 Å². The molecule has 0 fully saturated rings. The third kappa shape index (κ3) is 2.18. The Labute approximate surface area is 98.9 Å². The lowest BCUT2D eigenvalue weighted by atomic mass is 10.2. The van der Waals surface area contributed by atoms with Gasteiger partial charge in [-0.3, -0.25) is 9.78 Å². The standard InChI is InChI=1S/C10H8N2O4S/c1-16-9(14)7-2-5(4-17-7)6-3-11-10(15)12-8(6)13/h2-4H,1H3,(H2,11,12,13,15). The van der Waals surface area contributed by atoms with E-state index in [9.17, 15) is 14.4 Å². The summed E-state index contributed by atoms with van der Waals surface area (Å²) in [5, 5.41) is 1.65. The van der Waals surface area contributed by atoms with Crippen LogP contribution in [0.1, 0.15) is 9.67 Å². The average molecular weight is 252 g/mol. The van der Waals surface area contributed by atoms with Crippen molar-refractivity contribution in [1.29, 1.82) is 0 Å². The number of H-pyrrole nitrogens is 2. The van der Waals surface area contributed by atoms with Gasteiger partial charge in [-0.15, -0.1) is 11.3 Å². The predicted molar refractivity (Wildman–Crippen MR) is 62.3 cm³/mol. The van der Waals surface area contributed by atoms with Gasteiger partial charge in [0.25, 0.3) is 5.56 Å². The van der Waals surface area contributed by atoms with Gasteiger partial charge in [0.1, 0.15) is 4.88 Å². The molecule has 0 spiro atoms. The van der Waals surface area contributed by atoms with Crippen molar-refractivity contribution in [2.45, 2.75) is 0 Å². The number of thiophene rings is 1. The van der Waals surface area contributed by atoms with Gasteiger partial charge in [-0.25, -0.2) is 9.59 Å². The second-order valence-electron chi connectivity index (χ2n) is 3.18. The summed E-state index contributed by atoms with van der Waals surface area (Å²) < 4.78 is 4.56. The summed E-state index contributed by atoms with van der Waals surface area (Å²) in [5.74, 6) is -0.456. The van der Waals surface area contributed by atoms with E-state index in [0.717, 1.165) is 0 Å². The normalized spacial score (nSPS) is 10.2. The van der Waals surface area contributed by atoms with Gasteiger partial charge in [-0.2, -0.15) is 0 Å². The van der Waals surface area contributed by atoms with Crippen molar-refractivity contribution < 1.29 is 9.53 Å². The fourth-order valence-corrected chi connectivity index (χ4v) is 2.13. The monoisotopic (exact) mass is 252 g/mol. The van der Waals surface area contributed by atoms with Crippen molar-refractivity contribution in [3.63, 3.8) is 0 Å². The van der Waals surface area contributed by atoms with Crippen molar-refractivity contribution in [1.82, 2.24) is 9.97 Å². The number of rotatable bonds is 2. The molecule has 0 aliphatic rings. The molecule has 0 bridgehead atoms. The largest absolute Gasteiger partial charge is 0.465 e. The molecule has 0 saturated heterocycles. The maximum Gasteiger partial charge on any atom is 0.348 e. The minimum absolute atomic E-state index is 0.302. The zero-order valence-electron chi connectivity index (χ0n) is 8.77. The number of hydrogen-bond acceptors (Lipinski definition) is 5. The topological polar surface area (TPSA) is 92.0 Å². The number of ether oxygens (including phenoxy) is 1. The maximum atomic E-state index is 11.5. The average Bonchev–Trinajstić information content (AvgIpc) is 2.77. The van der Waals surface area contributed by atoms with E-state index >= 15 is 0 Å². The van der Waals surface area contributed by atoms with Crippen LogP contribution in [0.15, 0.2) is 27.2 Å². The maximum absolute atomic E-state index is 11.5. The van der Waals surface area contributed by atoms with Crippen molar-refractivity contribution >= 4 is 17.3 Å². The highest BCUT2D eigenvalue weighted by atomic mass is 32.1. The van der Waals surface area contributed by atoms with Crippen LogP contribution in [0.4, 0.5) is 0 Å². The van der Waals surface area contributed by atoms with Crippen LogP contribution in [0.25, 0.3) is 11.1 Å². The number of carbonyl (C=O) groups excluding carboxylic acids is 1. The van der Waals surface area contributed by atoms with Gasteiger partial charge in [-0.1, -0.05) is 0 Å². The Bertz CT molecular complexity index is 667. The summed E-state index contributed by atoms with van der Waals surface area (Å²) in [4.78, 5) is 38.5. The Morgan fingerprint density at radius 3 is 2.82 bits per heavy atom. The Morgan fingerprint density at radius 2 is 2.18 bits per heavy atom. The zero-order chi connectivity index (χ0) is 12.4. The molecule has 0 atom stereocenters. The van der Waals surface area contributed by atoms with E-state index in [1.807, 2.05) is 0 Å². The molecule has 2 aromatic heterocycles. The van der Waals surface area contributed by atoms with Crippen molar-refractivity contribution in [2.24, 2.45) is 0 Å². The quantitative estimate of drug-likeness (QED) is 0.765. The smallest absolute Gasteiger partial charge is 0.348 e. The molecule has 0 saturated carbocycles. The molecule has 0 radical (unpaired) electrons. The fourth-order valence-electron chi connectivity index (χ4n) is 1.31. The van der Waals surface area contributed by atoms with E-state index in [1.165, 1.54) is 24.6 Å². The number of hydrogen-bond donors (Lipinski definition) is 2. The first-order valence-electron chi connectivity index (χ1n) is 4.61. The molecule has 2 N–H and O–H groups in total. The minimum atomic E-state index is -0.567. The molecule has 0 unspecified atom stereocenters. The van der Waals surface area contributed by atoms with Gasteiger partial charge < -0.3 is 9.72 Å². The van der Waals surface area contributed by atoms with Crippen LogP contribution in [0.5, 0.6) is 0 Å². The highest BCUT2D eigenvalue weighted by Gasteiger charge is 2.12. The third-order valence-electron chi connectivity index (χ3n) is 2.12. The molecule has 0 aliphatic carbocycles. The SMILES string of the molecule is COC(=O)c1cc(-c2c[nH]c(=O)[nH]c2=O)cs1. The second kappa shape index (κ2) is 4.38. The van der Waals surface area contributed by atoms with E-state index in [4.69, 9.17) is 0 Å². The van der Waals surface area contributed by atoms with E-state index in [1.54, 1.807) is 11.4 Å². The lowest BCUT2D eigenvalue weighted by Gasteiger charge is -1.94. The molecule has 7 heteroatoms. The van der Waals surface area contributed by atoms with Gasteiger partial charge in [0.15, 0.2) is 0 Å². The lowest BCUT2D eigenvalue weighted by Crippen LogP contribution is -2.22. The van der Waals surface area contributed by atoms with Crippen LogP contribution >= 0.6 is 11.3 Å². The van der Waals surface area contributed by atoms with Gasteiger partial charge in [-0.05, 0) is 11.4 Å². The summed E-state index contributed by atoms with van der Waals surface area (Å²) in [6.45, 7) is 0. The lowest BCUT2D eigenvalue weighted by molar-refractivity contribution is 0.0606. The number of aromatic amines is 2. The fraction of sp³-hybridized carbons (Fsp3) is 0.100. The number of methoxy groups -OCH3 is 1.